The molecule has 0 aliphatic carbocycles. The van der Waals surface area contributed by atoms with E-state index in [4.69, 9.17) is 9.47 Å². The molecule has 0 unspecified atom stereocenters. The van der Waals surface area contributed by atoms with Gasteiger partial charge in [-0.25, -0.2) is 0 Å². The summed E-state index contributed by atoms with van der Waals surface area (Å²) in [6.45, 7) is 2.48. The van der Waals surface area contributed by atoms with Crippen molar-refractivity contribution in [2.45, 2.75) is 13.5 Å². The van der Waals surface area contributed by atoms with Gasteiger partial charge in [-0.2, -0.15) is 0 Å². The van der Waals surface area contributed by atoms with Gasteiger partial charge >= 0.3 is 0 Å². The second-order valence-electron chi connectivity index (χ2n) is 6.29. The number of amides is 1. The van der Waals surface area contributed by atoms with Crippen LogP contribution in [-0.2, 0) is 6.54 Å². The lowest BCUT2D eigenvalue weighted by atomic mass is 10.1. The number of pyridine rings is 1. The molecule has 0 aliphatic rings. The van der Waals surface area contributed by atoms with Crippen molar-refractivity contribution < 1.29 is 14.3 Å². The predicted octanol–water partition coefficient (Wildman–Crippen LogP) is 4.08. The Morgan fingerprint density at radius 1 is 0.929 bits per heavy atom. The number of rotatable bonds is 7. The molecule has 6 heteroatoms. The summed E-state index contributed by atoms with van der Waals surface area (Å²) in [5.74, 6) is 1.05. The van der Waals surface area contributed by atoms with Crippen molar-refractivity contribution in [2.24, 2.45) is 0 Å². The van der Waals surface area contributed by atoms with Gasteiger partial charge in [0.15, 0.2) is 11.5 Å². The summed E-state index contributed by atoms with van der Waals surface area (Å²) < 4.78 is 10.6. The molecule has 2 aromatic carbocycles. The highest BCUT2D eigenvalue weighted by atomic mass is 16.5. The van der Waals surface area contributed by atoms with Crippen LogP contribution >= 0.6 is 0 Å². The van der Waals surface area contributed by atoms with Crippen molar-refractivity contribution in [1.82, 2.24) is 10.3 Å². The van der Waals surface area contributed by atoms with Gasteiger partial charge in [-0.15, -0.1) is 0 Å². The number of hydrogen-bond donors (Lipinski definition) is 2. The molecule has 6 nitrogen and oxygen atoms in total. The predicted molar refractivity (Wildman–Crippen MR) is 109 cm³/mol. The van der Waals surface area contributed by atoms with Crippen molar-refractivity contribution in [2.75, 3.05) is 19.5 Å². The average Bonchev–Trinajstić information content (AvgIpc) is 2.73. The molecule has 0 saturated carbocycles. The number of aromatic nitrogens is 1. The minimum atomic E-state index is -0.225. The summed E-state index contributed by atoms with van der Waals surface area (Å²) in [4.78, 5) is 16.6. The fraction of sp³-hybridized carbons (Fsp3) is 0.182. The summed E-state index contributed by atoms with van der Waals surface area (Å²) in [6.07, 6.45) is 1.60. The molecule has 0 aliphatic heterocycles. The normalized spacial score (nSPS) is 10.2. The van der Waals surface area contributed by atoms with E-state index >= 15 is 0 Å². The number of carbonyl (C=O) groups excluding carboxylic acids is 1. The fourth-order valence-corrected chi connectivity index (χ4v) is 2.69. The minimum Gasteiger partial charge on any atom is -0.493 e. The van der Waals surface area contributed by atoms with E-state index in [9.17, 15) is 4.79 Å². The van der Waals surface area contributed by atoms with Crippen molar-refractivity contribution in [3.8, 4) is 11.5 Å². The van der Waals surface area contributed by atoms with Crippen LogP contribution in [0.2, 0.25) is 0 Å². The molecule has 0 saturated heterocycles. The first-order valence-corrected chi connectivity index (χ1v) is 8.88. The molecule has 0 bridgehead atoms. The van der Waals surface area contributed by atoms with E-state index in [2.05, 4.69) is 15.6 Å². The number of hydrogen-bond acceptors (Lipinski definition) is 5. The molecule has 0 atom stereocenters. The zero-order valence-electron chi connectivity index (χ0n) is 16.2. The first kappa shape index (κ1) is 19.2. The maximum atomic E-state index is 12.4. The minimum absolute atomic E-state index is 0.225. The second-order valence-corrected chi connectivity index (χ2v) is 6.29. The van der Waals surface area contributed by atoms with Crippen LogP contribution in [-0.4, -0.2) is 25.1 Å². The molecule has 144 valence electrons. The number of nitrogens with zero attached hydrogens (tertiary/aromatic N) is 1. The van der Waals surface area contributed by atoms with E-state index in [1.54, 1.807) is 32.5 Å². The Labute approximate surface area is 164 Å². The highest BCUT2D eigenvalue weighted by Crippen LogP contribution is 2.31. The van der Waals surface area contributed by atoms with Gasteiger partial charge in [-0.05, 0) is 36.8 Å². The smallest absolute Gasteiger partial charge is 0.270 e. The molecular weight excluding hydrogens is 354 g/mol. The van der Waals surface area contributed by atoms with Crippen LogP contribution < -0.4 is 20.1 Å². The number of aryl methyl sites for hydroxylation is 1. The molecule has 1 heterocycles. The summed E-state index contributed by atoms with van der Waals surface area (Å²) in [5, 5.41) is 6.14. The number of carbonyl (C=O) groups is 1. The van der Waals surface area contributed by atoms with E-state index in [0.717, 1.165) is 16.9 Å². The third kappa shape index (κ3) is 4.79. The van der Waals surface area contributed by atoms with E-state index in [1.165, 1.54) is 5.56 Å². The molecule has 0 fully saturated rings. The lowest BCUT2D eigenvalue weighted by Gasteiger charge is -2.12. The van der Waals surface area contributed by atoms with Gasteiger partial charge in [0.25, 0.3) is 5.91 Å². The Morgan fingerprint density at radius 3 is 2.36 bits per heavy atom. The van der Waals surface area contributed by atoms with E-state index in [-0.39, 0.29) is 5.91 Å². The molecule has 2 N–H and O–H groups in total. The number of methoxy groups -OCH3 is 2. The Bertz CT molecular complexity index is 955. The van der Waals surface area contributed by atoms with Crippen LogP contribution in [0.25, 0.3) is 0 Å². The first-order valence-electron chi connectivity index (χ1n) is 8.88. The van der Waals surface area contributed by atoms with Crippen LogP contribution in [0.1, 0.15) is 21.6 Å². The maximum absolute atomic E-state index is 12.4. The fourth-order valence-electron chi connectivity index (χ4n) is 2.69. The third-order valence-corrected chi connectivity index (χ3v) is 4.24. The van der Waals surface area contributed by atoms with Crippen molar-refractivity contribution in [3.63, 3.8) is 0 Å². The van der Waals surface area contributed by atoms with Crippen LogP contribution in [0, 0.1) is 6.92 Å². The van der Waals surface area contributed by atoms with Crippen LogP contribution in [0.3, 0.4) is 0 Å². The van der Waals surface area contributed by atoms with Crippen molar-refractivity contribution in [3.05, 3.63) is 77.6 Å². The van der Waals surface area contributed by atoms with Gasteiger partial charge in [-0.3, -0.25) is 9.78 Å². The molecule has 28 heavy (non-hydrogen) atoms. The molecule has 3 aromatic rings. The Hall–Kier alpha value is -3.54. The van der Waals surface area contributed by atoms with Gasteiger partial charge in [0.1, 0.15) is 5.69 Å². The van der Waals surface area contributed by atoms with Gasteiger partial charge in [0, 0.05) is 30.2 Å². The SMILES string of the molecule is COc1ccc(Nc2ccnc(C(=O)NCc3ccc(C)cc3)c2)cc1OC. The maximum Gasteiger partial charge on any atom is 0.270 e. The standard InChI is InChI=1S/C22H23N3O3/c1-15-4-6-16(7-5-15)14-24-22(26)19-12-18(10-11-23-19)25-17-8-9-20(27-2)21(13-17)28-3/h4-13H,14H2,1-3H3,(H,23,25)(H,24,26). The van der Waals surface area contributed by atoms with Crippen LogP contribution in [0.4, 0.5) is 11.4 Å². The van der Waals surface area contributed by atoms with E-state index in [1.807, 2.05) is 49.4 Å². The van der Waals surface area contributed by atoms with E-state index in [0.29, 0.717) is 23.7 Å². The Kier molecular flexibility index (Phi) is 6.11. The highest BCUT2D eigenvalue weighted by molar-refractivity contribution is 5.93. The lowest BCUT2D eigenvalue weighted by Crippen LogP contribution is -2.23. The van der Waals surface area contributed by atoms with Crippen molar-refractivity contribution >= 4 is 17.3 Å². The summed E-state index contributed by atoms with van der Waals surface area (Å²) in [5.41, 5.74) is 4.14. The van der Waals surface area contributed by atoms with Crippen LogP contribution in [0.5, 0.6) is 11.5 Å². The molecule has 1 aromatic heterocycles. The van der Waals surface area contributed by atoms with E-state index < -0.39 is 0 Å². The lowest BCUT2D eigenvalue weighted by molar-refractivity contribution is 0.0946. The molecule has 3 rings (SSSR count). The molecule has 0 spiro atoms. The number of nitrogens with one attached hydrogen (secondary N) is 2. The monoisotopic (exact) mass is 377 g/mol. The Morgan fingerprint density at radius 2 is 1.64 bits per heavy atom. The number of ether oxygens (including phenoxy) is 2. The molecule has 0 radical (unpaired) electrons. The zero-order valence-corrected chi connectivity index (χ0v) is 16.2. The highest BCUT2D eigenvalue weighted by Gasteiger charge is 2.09. The first-order chi connectivity index (χ1) is 13.6. The van der Waals surface area contributed by atoms with Crippen LogP contribution in [0.15, 0.2) is 60.8 Å². The number of anilines is 2. The van der Waals surface area contributed by atoms with Gasteiger partial charge in [-0.1, -0.05) is 29.8 Å². The average molecular weight is 377 g/mol. The Balaban J connectivity index is 1.67. The topological polar surface area (TPSA) is 72.5 Å². The summed E-state index contributed by atoms with van der Waals surface area (Å²) in [6, 6.07) is 17.1. The largest absolute Gasteiger partial charge is 0.493 e. The third-order valence-electron chi connectivity index (χ3n) is 4.24. The number of benzene rings is 2. The summed E-state index contributed by atoms with van der Waals surface area (Å²) >= 11 is 0. The quantitative estimate of drug-likeness (QED) is 0.649. The second kappa shape index (κ2) is 8.90. The molecule has 1 amide bonds. The van der Waals surface area contributed by atoms with Gasteiger partial charge in [0.2, 0.25) is 0 Å². The zero-order chi connectivity index (χ0) is 19.9. The summed E-state index contributed by atoms with van der Waals surface area (Å²) in [7, 11) is 3.18. The van der Waals surface area contributed by atoms with Crippen molar-refractivity contribution in [1.29, 1.82) is 0 Å². The van der Waals surface area contributed by atoms with Gasteiger partial charge < -0.3 is 20.1 Å². The molecular formula is C22H23N3O3. The van der Waals surface area contributed by atoms with Gasteiger partial charge in [0.05, 0.1) is 14.2 Å².